The summed E-state index contributed by atoms with van der Waals surface area (Å²) in [5.74, 6) is -1.86. The number of nitrogens with two attached hydrogens (primary N) is 1. The van der Waals surface area contributed by atoms with Crippen LogP contribution in [0.2, 0.25) is 5.02 Å². The van der Waals surface area contributed by atoms with E-state index in [-0.39, 0.29) is 23.0 Å². The molecule has 2 aromatic rings. The molecule has 5 nitrogen and oxygen atoms in total. The van der Waals surface area contributed by atoms with Crippen LogP contribution in [-0.2, 0) is 30.5 Å². The highest BCUT2D eigenvalue weighted by molar-refractivity contribution is 7.79. The van der Waals surface area contributed by atoms with Gasteiger partial charge in [0.05, 0.1) is 5.75 Å². The van der Waals surface area contributed by atoms with Gasteiger partial charge in [-0.25, -0.2) is 8.60 Å². The highest BCUT2D eigenvalue weighted by Crippen LogP contribution is 2.32. The van der Waals surface area contributed by atoms with Gasteiger partial charge in [-0.2, -0.15) is 0 Å². The van der Waals surface area contributed by atoms with Gasteiger partial charge in [-0.05, 0) is 18.2 Å². The molecule has 0 bridgehead atoms. The molecule has 0 amide bonds. The Morgan fingerprint density at radius 3 is 2.56 bits per heavy atom. The monoisotopic (exact) mass is 381 g/mol. The predicted octanol–water partition coefficient (Wildman–Crippen LogP) is 3.13. The lowest BCUT2D eigenvalue weighted by molar-refractivity contribution is -0.123. The summed E-state index contributed by atoms with van der Waals surface area (Å²) >= 11 is 3.83. The molecule has 0 saturated carbocycles. The maximum absolute atomic E-state index is 13.6. The molecule has 0 aliphatic carbocycles. The highest BCUT2D eigenvalue weighted by atomic mass is 35.5. The summed E-state index contributed by atoms with van der Waals surface area (Å²) in [6.07, 6.45) is -0.988. The first-order valence-corrected chi connectivity index (χ1v) is 8.84. The number of benzene rings is 2. The Kier molecular flexibility index (Phi) is 5.06. The van der Waals surface area contributed by atoms with E-state index >= 15 is 0 Å². The van der Waals surface area contributed by atoms with E-state index < -0.39 is 28.8 Å². The molecule has 0 fully saturated rings. The number of halogens is 2. The zero-order chi connectivity index (χ0) is 18.0. The lowest BCUT2D eigenvalue weighted by Crippen LogP contribution is -2.13. The van der Waals surface area contributed by atoms with Crippen molar-refractivity contribution in [3.05, 3.63) is 82.1 Å². The molecule has 1 heterocycles. The third-order valence-corrected chi connectivity index (χ3v) is 4.66. The average Bonchev–Trinajstić information content (AvgIpc) is 2.86. The molecule has 0 aromatic heterocycles. The summed E-state index contributed by atoms with van der Waals surface area (Å²) in [6.45, 7) is 0. The normalized spacial score (nSPS) is 18.2. The smallest absolute Gasteiger partial charge is 0.249 e. The van der Waals surface area contributed by atoms with Crippen LogP contribution < -0.4 is 5.73 Å². The maximum Gasteiger partial charge on any atom is 0.249 e. The van der Waals surface area contributed by atoms with E-state index in [0.717, 1.165) is 0 Å². The van der Waals surface area contributed by atoms with Crippen LogP contribution in [0.3, 0.4) is 0 Å². The Morgan fingerprint density at radius 2 is 1.88 bits per heavy atom. The van der Waals surface area contributed by atoms with Crippen molar-refractivity contribution in [3.8, 4) is 0 Å². The van der Waals surface area contributed by atoms with E-state index in [1.807, 2.05) is 0 Å². The summed E-state index contributed by atoms with van der Waals surface area (Å²) in [6, 6.07) is 12.3. The van der Waals surface area contributed by atoms with Crippen molar-refractivity contribution in [3.63, 3.8) is 0 Å². The average molecular weight is 382 g/mol. The van der Waals surface area contributed by atoms with Crippen molar-refractivity contribution >= 4 is 28.5 Å². The molecule has 0 radical (unpaired) electrons. The first-order valence-electron chi connectivity index (χ1n) is 7.22. The minimum atomic E-state index is -1.99. The van der Waals surface area contributed by atoms with Crippen LogP contribution >= 0.6 is 11.6 Å². The van der Waals surface area contributed by atoms with E-state index in [0.29, 0.717) is 10.6 Å². The number of carbonyl (C=O) groups excluding carboxylic acids is 1. The fourth-order valence-corrected chi connectivity index (χ4v) is 3.30. The molecule has 130 valence electrons. The number of Topliss-reactive ketones (excluding diaryl/α,β-unsaturated/α-hetero) is 1. The highest BCUT2D eigenvalue weighted by Gasteiger charge is 2.38. The molecular formula is C17H13ClFNO4S. The zero-order valence-electron chi connectivity index (χ0n) is 12.8. The summed E-state index contributed by atoms with van der Waals surface area (Å²) < 4.78 is 36.2. The van der Waals surface area contributed by atoms with Crippen LogP contribution in [0, 0.1) is 5.82 Å². The number of hydrogen-bond acceptors (Lipinski definition) is 5. The van der Waals surface area contributed by atoms with Gasteiger partial charge in [-0.1, -0.05) is 41.9 Å². The van der Waals surface area contributed by atoms with Crippen LogP contribution in [0.1, 0.15) is 17.2 Å². The number of hydrogen-bond donors (Lipinski definition) is 1. The Morgan fingerprint density at radius 1 is 1.20 bits per heavy atom. The van der Waals surface area contributed by atoms with Crippen molar-refractivity contribution in [2.75, 3.05) is 0 Å². The van der Waals surface area contributed by atoms with Crippen molar-refractivity contribution in [1.82, 2.24) is 0 Å². The van der Waals surface area contributed by atoms with Gasteiger partial charge in [0.15, 0.2) is 6.10 Å². The second kappa shape index (κ2) is 7.25. The zero-order valence-corrected chi connectivity index (χ0v) is 14.4. The van der Waals surface area contributed by atoms with Crippen molar-refractivity contribution in [1.29, 1.82) is 0 Å². The second-order valence-corrected chi connectivity index (χ2v) is 6.73. The summed E-state index contributed by atoms with van der Waals surface area (Å²) in [7, 11) is 0. The molecule has 2 aromatic carbocycles. The van der Waals surface area contributed by atoms with Gasteiger partial charge in [0.2, 0.25) is 28.5 Å². The van der Waals surface area contributed by atoms with Crippen LogP contribution in [-0.4, -0.2) is 9.99 Å². The number of carbonyl (C=O) groups is 1. The van der Waals surface area contributed by atoms with E-state index in [1.165, 1.54) is 18.2 Å². The van der Waals surface area contributed by atoms with Crippen molar-refractivity contribution in [2.45, 2.75) is 11.9 Å². The Bertz CT molecular complexity index is 869. The fraction of sp³-hybridized carbons (Fsp3) is 0.118. The lowest BCUT2D eigenvalue weighted by atomic mass is 10.1. The van der Waals surface area contributed by atoms with E-state index in [9.17, 15) is 13.4 Å². The molecule has 25 heavy (non-hydrogen) atoms. The van der Waals surface area contributed by atoms with Gasteiger partial charge in [0, 0.05) is 16.1 Å². The quantitative estimate of drug-likeness (QED) is 0.860. The van der Waals surface area contributed by atoms with Gasteiger partial charge in [-0.3, -0.25) is 4.79 Å². The van der Waals surface area contributed by atoms with E-state index in [1.54, 1.807) is 30.3 Å². The van der Waals surface area contributed by atoms with E-state index in [2.05, 4.69) is 0 Å². The van der Waals surface area contributed by atoms with Crippen LogP contribution in [0.15, 0.2) is 60.2 Å². The molecule has 1 aliphatic heterocycles. The van der Waals surface area contributed by atoms with Crippen LogP contribution in [0.4, 0.5) is 4.39 Å². The van der Waals surface area contributed by atoms with Crippen molar-refractivity contribution in [2.24, 2.45) is 5.73 Å². The first-order chi connectivity index (χ1) is 12.0. The predicted molar refractivity (Wildman–Crippen MR) is 90.8 cm³/mol. The van der Waals surface area contributed by atoms with Gasteiger partial charge >= 0.3 is 0 Å². The standard InChI is InChI=1S/C17H13ClFNO4S/c18-12-7-5-10(6-8-12)15-14(21)16(17(20)23-15)24-25(22)9-11-3-1-2-4-13(11)19/h1-8,15H,9,20H2. The van der Waals surface area contributed by atoms with Gasteiger partial charge in [0.1, 0.15) is 5.82 Å². The number of ether oxygens (including phenoxy) is 1. The van der Waals surface area contributed by atoms with Crippen LogP contribution in [0.25, 0.3) is 0 Å². The minimum Gasteiger partial charge on any atom is -0.460 e. The summed E-state index contributed by atoms with van der Waals surface area (Å²) in [5, 5.41) is 0.512. The molecule has 1 aliphatic rings. The number of ketones is 1. The summed E-state index contributed by atoms with van der Waals surface area (Å²) in [5.41, 5.74) is 6.42. The Labute approximate surface area is 150 Å². The largest absolute Gasteiger partial charge is 0.460 e. The van der Waals surface area contributed by atoms with Crippen LogP contribution in [0.5, 0.6) is 0 Å². The molecule has 2 unspecified atom stereocenters. The number of rotatable bonds is 5. The van der Waals surface area contributed by atoms with Gasteiger partial charge in [-0.15, -0.1) is 0 Å². The SMILES string of the molecule is NC1=C(OS(=O)Cc2ccccc2F)C(=O)C(c2ccc(Cl)cc2)O1. The fourth-order valence-electron chi connectivity index (χ4n) is 2.28. The molecule has 0 saturated heterocycles. The minimum absolute atomic E-state index is 0.209. The van der Waals surface area contributed by atoms with Gasteiger partial charge in [0.25, 0.3) is 0 Å². The molecule has 8 heteroatoms. The third-order valence-electron chi connectivity index (χ3n) is 3.51. The molecule has 2 atom stereocenters. The molecule has 2 N–H and O–H groups in total. The van der Waals surface area contributed by atoms with Crippen molar-refractivity contribution < 1.29 is 22.3 Å². The third kappa shape index (κ3) is 3.83. The second-order valence-electron chi connectivity index (χ2n) is 5.23. The lowest BCUT2D eigenvalue weighted by Gasteiger charge is -2.09. The first kappa shape index (κ1) is 17.4. The maximum atomic E-state index is 13.6. The summed E-state index contributed by atoms with van der Waals surface area (Å²) in [4.78, 5) is 12.4. The molecular weight excluding hydrogens is 369 g/mol. The molecule has 0 spiro atoms. The Balaban J connectivity index is 1.71. The Hall–Kier alpha value is -2.38. The molecule has 3 rings (SSSR count). The topological polar surface area (TPSA) is 78.6 Å². The van der Waals surface area contributed by atoms with Gasteiger partial charge < -0.3 is 14.7 Å². The van der Waals surface area contributed by atoms with E-state index in [4.69, 9.17) is 26.3 Å².